The van der Waals surface area contributed by atoms with Crippen LogP contribution in [-0.4, -0.2) is 49.0 Å². The van der Waals surface area contributed by atoms with Gasteiger partial charge in [-0.1, -0.05) is 30.3 Å². The van der Waals surface area contributed by atoms with E-state index in [0.29, 0.717) is 18.8 Å². The predicted octanol–water partition coefficient (Wildman–Crippen LogP) is 1.90. The summed E-state index contributed by atoms with van der Waals surface area (Å²) in [6.07, 6.45) is -0.682. The van der Waals surface area contributed by atoms with Gasteiger partial charge < -0.3 is 20.3 Å². The number of anilines is 1. The smallest absolute Gasteiger partial charge is 0.263 e. The first-order chi connectivity index (χ1) is 12.6. The van der Waals surface area contributed by atoms with Gasteiger partial charge in [0.1, 0.15) is 5.75 Å². The van der Waals surface area contributed by atoms with Crippen LogP contribution >= 0.6 is 0 Å². The summed E-state index contributed by atoms with van der Waals surface area (Å²) < 4.78 is 5.73. The van der Waals surface area contributed by atoms with Crippen LogP contribution < -0.4 is 15.4 Å². The third-order valence-electron chi connectivity index (χ3n) is 4.52. The molecular weight excluding hydrogens is 330 g/mol. The molecule has 0 spiro atoms. The van der Waals surface area contributed by atoms with Gasteiger partial charge in [-0.2, -0.15) is 0 Å². The number of amides is 2. The molecule has 1 aliphatic heterocycles. The highest BCUT2D eigenvalue weighted by molar-refractivity contribution is 5.95. The molecule has 1 saturated heterocycles. The molecule has 6 heteroatoms. The van der Waals surface area contributed by atoms with Crippen LogP contribution in [0.1, 0.15) is 17.3 Å². The van der Waals surface area contributed by atoms with Gasteiger partial charge in [0.2, 0.25) is 0 Å². The molecule has 1 fully saturated rings. The molecule has 0 saturated carbocycles. The fourth-order valence-corrected chi connectivity index (χ4v) is 3.09. The monoisotopic (exact) mass is 353 g/mol. The summed E-state index contributed by atoms with van der Waals surface area (Å²) in [4.78, 5) is 28.2. The zero-order valence-corrected chi connectivity index (χ0v) is 14.8. The molecule has 0 aliphatic carbocycles. The van der Waals surface area contributed by atoms with Gasteiger partial charge in [0, 0.05) is 31.9 Å². The number of nitrogens with zero attached hydrogens (tertiary/aromatic N) is 2. The van der Waals surface area contributed by atoms with Crippen molar-refractivity contribution in [3.8, 4) is 5.75 Å². The summed E-state index contributed by atoms with van der Waals surface area (Å²) in [7, 11) is 0. The molecule has 6 nitrogen and oxygen atoms in total. The summed E-state index contributed by atoms with van der Waals surface area (Å²) in [6, 6.07) is 16.9. The Morgan fingerprint density at radius 2 is 1.58 bits per heavy atom. The third-order valence-corrected chi connectivity index (χ3v) is 4.52. The number of benzene rings is 2. The molecule has 1 heterocycles. The van der Waals surface area contributed by atoms with Crippen LogP contribution in [0.25, 0.3) is 0 Å². The van der Waals surface area contributed by atoms with Crippen molar-refractivity contribution in [1.82, 2.24) is 4.90 Å². The molecular formula is C20H23N3O3. The van der Waals surface area contributed by atoms with Gasteiger partial charge in [-0.25, -0.2) is 0 Å². The normalized spacial score (nSPS) is 15.4. The Morgan fingerprint density at radius 1 is 0.962 bits per heavy atom. The standard InChI is InChI=1S/C20H23N3O3/c1-15(26-18-10-6-5-9-17(18)19(21)24)20(25)23-13-11-22(12-14-23)16-7-3-2-4-8-16/h2-10,15H,11-14H2,1H3,(H2,21,24)/t15-/m0/s1. The molecule has 2 aromatic carbocycles. The van der Waals surface area contributed by atoms with Crippen LogP contribution in [0.2, 0.25) is 0 Å². The van der Waals surface area contributed by atoms with Crippen LogP contribution in [0, 0.1) is 0 Å². The second-order valence-electron chi connectivity index (χ2n) is 6.27. The van der Waals surface area contributed by atoms with E-state index in [1.807, 2.05) is 18.2 Å². The van der Waals surface area contributed by atoms with Crippen molar-refractivity contribution < 1.29 is 14.3 Å². The Morgan fingerprint density at radius 3 is 2.23 bits per heavy atom. The summed E-state index contributed by atoms with van der Waals surface area (Å²) in [5.41, 5.74) is 6.80. The number of hydrogen-bond acceptors (Lipinski definition) is 4. The number of piperazine rings is 1. The van der Waals surface area contributed by atoms with Crippen LogP contribution in [0.4, 0.5) is 5.69 Å². The van der Waals surface area contributed by atoms with E-state index >= 15 is 0 Å². The zero-order chi connectivity index (χ0) is 18.5. The second kappa shape index (κ2) is 7.91. The minimum atomic E-state index is -0.682. The van der Waals surface area contributed by atoms with E-state index < -0.39 is 12.0 Å². The number of carbonyl (C=O) groups excluding carboxylic acids is 2. The predicted molar refractivity (Wildman–Crippen MR) is 100 cm³/mol. The summed E-state index contributed by atoms with van der Waals surface area (Å²) in [5, 5.41) is 0. The fraction of sp³-hybridized carbons (Fsp3) is 0.300. The molecule has 1 aliphatic rings. The highest BCUT2D eigenvalue weighted by Gasteiger charge is 2.26. The minimum Gasteiger partial charge on any atom is -0.480 e. The topological polar surface area (TPSA) is 75.9 Å². The lowest BCUT2D eigenvalue weighted by atomic mass is 10.2. The van der Waals surface area contributed by atoms with Crippen LogP contribution in [-0.2, 0) is 4.79 Å². The molecule has 0 unspecified atom stereocenters. The van der Waals surface area contributed by atoms with E-state index in [9.17, 15) is 9.59 Å². The Balaban J connectivity index is 1.59. The average molecular weight is 353 g/mol. The third kappa shape index (κ3) is 3.96. The van der Waals surface area contributed by atoms with Crippen molar-refractivity contribution in [2.24, 2.45) is 5.73 Å². The van der Waals surface area contributed by atoms with E-state index in [2.05, 4.69) is 17.0 Å². The molecule has 1 atom stereocenters. The number of carbonyl (C=O) groups is 2. The van der Waals surface area contributed by atoms with Crippen molar-refractivity contribution in [1.29, 1.82) is 0 Å². The molecule has 0 aromatic heterocycles. The average Bonchev–Trinajstić information content (AvgIpc) is 2.68. The SMILES string of the molecule is C[C@H](Oc1ccccc1C(N)=O)C(=O)N1CCN(c2ccccc2)CC1. The van der Waals surface area contributed by atoms with Gasteiger partial charge in [-0.3, -0.25) is 9.59 Å². The van der Waals surface area contributed by atoms with E-state index in [1.165, 1.54) is 5.69 Å². The maximum Gasteiger partial charge on any atom is 0.263 e. The summed E-state index contributed by atoms with van der Waals surface area (Å²) >= 11 is 0. The summed E-state index contributed by atoms with van der Waals surface area (Å²) in [5.74, 6) is -0.322. The van der Waals surface area contributed by atoms with Gasteiger partial charge in [0.15, 0.2) is 6.10 Å². The number of primary amides is 1. The van der Waals surface area contributed by atoms with Gasteiger partial charge in [0.25, 0.3) is 11.8 Å². The van der Waals surface area contributed by atoms with Crippen molar-refractivity contribution in [3.63, 3.8) is 0 Å². The van der Waals surface area contributed by atoms with Crippen molar-refractivity contribution in [2.75, 3.05) is 31.1 Å². The maximum atomic E-state index is 12.7. The molecule has 0 bridgehead atoms. The lowest BCUT2D eigenvalue weighted by Crippen LogP contribution is -2.52. The lowest BCUT2D eigenvalue weighted by Gasteiger charge is -2.37. The Hall–Kier alpha value is -3.02. The van der Waals surface area contributed by atoms with Crippen LogP contribution in [0.5, 0.6) is 5.75 Å². The molecule has 3 rings (SSSR count). The van der Waals surface area contributed by atoms with Gasteiger partial charge in [-0.15, -0.1) is 0 Å². The van der Waals surface area contributed by atoms with Crippen LogP contribution in [0.3, 0.4) is 0 Å². The summed E-state index contributed by atoms with van der Waals surface area (Å²) in [6.45, 7) is 4.53. The lowest BCUT2D eigenvalue weighted by molar-refractivity contribution is -0.138. The number of nitrogens with two attached hydrogens (primary N) is 1. The Labute approximate surface area is 153 Å². The van der Waals surface area contributed by atoms with Gasteiger partial charge >= 0.3 is 0 Å². The largest absolute Gasteiger partial charge is 0.480 e. The molecule has 0 radical (unpaired) electrons. The van der Waals surface area contributed by atoms with Crippen molar-refractivity contribution >= 4 is 17.5 Å². The Bertz CT molecular complexity index is 771. The molecule has 2 amide bonds. The Kier molecular flexibility index (Phi) is 5.41. The van der Waals surface area contributed by atoms with E-state index in [0.717, 1.165) is 13.1 Å². The molecule has 136 valence electrons. The first-order valence-corrected chi connectivity index (χ1v) is 8.70. The van der Waals surface area contributed by atoms with E-state index in [4.69, 9.17) is 10.5 Å². The number of ether oxygens (including phenoxy) is 1. The number of para-hydroxylation sites is 2. The van der Waals surface area contributed by atoms with E-state index in [-0.39, 0.29) is 11.5 Å². The zero-order valence-electron chi connectivity index (χ0n) is 14.8. The molecule has 26 heavy (non-hydrogen) atoms. The number of rotatable bonds is 5. The first-order valence-electron chi connectivity index (χ1n) is 8.70. The van der Waals surface area contributed by atoms with Gasteiger partial charge in [-0.05, 0) is 31.2 Å². The van der Waals surface area contributed by atoms with Crippen LogP contribution in [0.15, 0.2) is 54.6 Å². The second-order valence-corrected chi connectivity index (χ2v) is 6.27. The van der Waals surface area contributed by atoms with E-state index in [1.54, 1.807) is 36.1 Å². The van der Waals surface area contributed by atoms with Gasteiger partial charge in [0.05, 0.1) is 5.56 Å². The quantitative estimate of drug-likeness (QED) is 0.891. The molecule has 2 aromatic rings. The van der Waals surface area contributed by atoms with Crippen molar-refractivity contribution in [2.45, 2.75) is 13.0 Å². The highest BCUT2D eigenvalue weighted by atomic mass is 16.5. The number of hydrogen-bond donors (Lipinski definition) is 1. The first kappa shape index (κ1) is 17.8. The van der Waals surface area contributed by atoms with Crippen molar-refractivity contribution in [3.05, 3.63) is 60.2 Å². The maximum absolute atomic E-state index is 12.7. The highest BCUT2D eigenvalue weighted by Crippen LogP contribution is 2.20. The fourth-order valence-electron chi connectivity index (χ4n) is 3.09. The molecule has 2 N–H and O–H groups in total. The minimum absolute atomic E-state index is 0.0861.